The minimum absolute atomic E-state index is 0.135. The average Bonchev–Trinajstić information content (AvgIpc) is 2.45. The van der Waals surface area contributed by atoms with E-state index in [9.17, 15) is 4.79 Å². The van der Waals surface area contributed by atoms with Gasteiger partial charge in [-0.3, -0.25) is 4.79 Å². The second-order valence-electron chi connectivity index (χ2n) is 5.59. The summed E-state index contributed by atoms with van der Waals surface area (Å²) in [7, 11) is 1.55. The van der Waals surface area contributed by atoms with Crippen LogP contribution in [0.4, 0.5) is 0 Å². The molecule has 1 saturated heterocycles. The van der Waals surface area contributed by atoms with Gasteiger partial charge in [-0.05, 0) is 49.5 Å². The number of carbonyl (C=O) groups excluding carboxylic acids is 1. The number of methoxy groups -OCH3 is 1. The summed E-state index contributed by atoms with van der Waals surface area (Å²) in [6.45, 7) is 4.90. The molecule has 1 aromatic rings. The van der Waals surface area contributed by atoms with Gasteiger partial charge in [-0.15, -0.1) is 0 Å². The third-order valence-corrected chi connectivity index (χ3v) is 4.13. The van der Waals surface area contributed by atoms with Gasteiger partial charge >= 0.3 is 0 Å². The van der Waals surface area contributed by atoms with Gasteiger partial charge in [-0.1, -0.05) is 18.5 Å². The van der Waals surface area contributed by atoms with Gasteiger partial charge in [-0.25, -0.2) is 0 Å². The van der Waals surface area contributed by atoms with Gasteiger partial charge in [0.25, 0.3) is 5.91 Å². The number of hydrogen-bond acceptors (Lipinski definition) is 3. The molecule has 1 aromatic carbocycles. The largest absolute Gasteiger partial charge is 0.496 e. The molecule has 2 rings (SSSR count). The highest BCUT2D eigenvalue weighted by Gasteiger charge is 2.27. The fourth-order valence-corrected chi connectivity index (χ4v) is 2.63. The summed E-state index contributed by atoms with van der Waals surface area (Å²) < 4.78 is 5.21. The Morgan fingerprint density at radius 3 is 2.80 bits per heavy atom. The zero-order chi connectivity index (χ0) is 14.6. The van der Waals surface area contributed by atoms with Crippen LogP contribution in [-0.4, -0.2) is 32.7 Å². The molecule has 1 fully saturated rings. The van der Waals surface area contributed by atoms with E-state index in [-0.39, 0.29) is 11.3 Å². The Balaban J connectivity index is 2.03. The van der Waals surface area contributed by atoms with Crippen molar-refractivity contribution in [2.75, 3.05) is 26.7 Å². The normalized spacial score (nSPS) is 17.6. The van der Waals surface area contributed by atoms with Gasteiger partial charge in [0, 0.05) is 11.6 Å². The molecule has 1 heterocycles. The van der Waals surface area contributed by atoms with Crippen LogP contribution in [0.25, 0.3) is 0 Å². The lowest BCUT2D eigenvalue weighted by Gasteiger charge is -2.34. The van der Waals surface area contributed by atoms with E-state index >= 15 is 0 Å². The Labute approximate surface area is 124 Å². The fourth-order valence-electron chi connectivity index (χ4n) is 2.45. The number of ether oxygens (including phenoxy) is 1. The number of hydrogen-bond donors (Lipinski definition) is 2. The van der Waals surface area contributed by atoms with Gasteiger partial charge in [0.1, 0.15) is 5.75 Å². The van der Waals surface area contributed by atoms with Crippen LogP contribution < -0.4 is 15.4 Å². The predicted molar refractivity (Wildman–Crippen MR) is 80.5 cm³/mol. The molecular weight excluding hydrogens is 276 g/mol. The molecule has 20 heavy (non-hydrogen) atoms. The van der Waals surface area contributed by atoms with E-state index in [1.165, 1.54) is 0 Å². The summed E-state index contributed by atoms with van der Waals surface area (Å²) in [5.41, 5.74) is 0.643. The highest BCUT2D eigenvalue weighted by molar-refractivity contribution is 6.31. The van der Waals surface area contributed by atoms with Crippen molar-refractivity contribution in [1.29, 1.82) is 0 Å². The second kappa shape index (κ2) is 6.46. The molecule has 2 N–H and O–H groups in total. The molecule has 1 aliphatic rings. The minimum Gasteiger partial charge on any atom is -0.496 e. The minimum atomic E-state index is -0.135. The topological polar surface area (TPSA) is 50.4 Å². The molecule has 0 saturated carbocycles. The Kier molecular flexibility index (Phi) is 4.89. The summed E-state index contributed by atoms with van der Waals surface area (Å²) in [4.78, 5) is 12.3. The molecule has 0 unspecified atom stereocenters. The molecule has 0 radical (unpaired) electrons. The van der Waals surface area contributed by atoms with Crippen LogP contribution >= 0.6 is 11.6 Å². The van der Waals surface area contributed by atoms with Crippen molar-refractivity contribution in [1.82, 2.24) is 10.6 Å². The molecule has 0 aromatic heterocycles. The highest BCUT2D eigenvalue weighted by Crippen LogP contribution is 2.27. The Hall–Kier alpha value is -1.26. The van der Waals surface area contributed by atoms with Crippen molar-refractivity contribution in [3.05, 3.63) is 28.8 Å². The maximum absolute atomic E-state index is 12.3. The average molecular weight is 297 g/mol. The molecule has 5 heteroatoms. The van der Waals surface area contributed by atoms with E-state index in [4.69, 9.17) is 16.3 Å². The van der Waals surface area contributed by atoms with Crippen LogP contribution in [0.3, 0.4) is 0 Å². The number of halogens is 1. The number of piperidine rings is 1. The first kappa shape index (κ1) is 15.1. The van der Waals surface area contributed by atoms with Crippen molar-refractivity contribution in [3.63, 3.8) is 0 Å². The third kappa shape index (κ3) is 3.64. The summed E-state index contributed by atoms with van der Waals surface area (Å²) in [6.07, 6.45) is 2.14. The smallest absolute Gasteiger partial charge is 0.255 e. The van der Waals surface area contributed by atoms with Crippen LogP contribution in [0.15, 0.2) is 18.2 Å². The standard InChI is InChI=1S/C15H21ClN2O2/c1-15(5-7-17-8-6-15)10-18-14(19)12-9-11(16)3-4-13(12)20-2/h3-4,9,17H,5-8,10H2,1-2H3,(H,18,19). The van der Waals surface area contributed by atoms with Crippen LogP contribution in [0.1, 0.15) is 30.1 Å². The highest BCUT2D eigenvalue weighted by atomic mass is 35.5. The quantitative estimate of drug-likeness (QED) is 0.897. The van der Waals surface area contributed by atoms with Crippen molar-refractivity contribution in [3.8, 4) is 5.75 Å². The number of benzene rings is 1. The molecule has 0 atom stereocenters. The van der Waals surface area contributed by atoms with E-state index in [0.717, 1.165) is 25.9 Å². The Bertz CT molecular complexity index is 485. The lowest BCUT2D eigenvalue weighted by molar-refractivity contribution is 0.0919. The van der Waals surface area contributed by atoms with Crippen LogP contribution in [-0.2, 0) is 0 Å². The molecule has 110 valence electrons. The van der Waals surface area contributed by atoms with Crippen molar-refractivity contribution >= 4 is 17.5 Å². The molecule has 0 spiro atoms. The number of rotatable bonds is 4. The first-order valence-electron chi connectivity index (χ1n) is 6.86. The van der Waals surface area contributed by atoms with Gasteiger partial charge in [0.2, 0.25) is 0 Å². The van der Waals surface area contributed by atoms with E-state index in [2.05, 4.69) is 17.6 Å². The van der Waals surface area contributed by atoms with Crippen molar-refractivity contribution in [2.45, 2.75) is 19.8 Å². The van der Waals surface area contributed by atoms with E-state index < -0.39 is 0 Å². The van der Waals surface area contributed by atoms with Crippen molar-refractivity contribution in [2.24, 2.45) is 5.41 Å². The summed E-state index contributed by atoms with van der Waals surface area (Å²) in [6, 6.07) is 5.06. The monoisotopic (exact) mass is 296 g/mol. The lowest BCUT2D eigenvalue weighted by atomic mass is 9.81. The van der Waals surface area contributed by atoms with Gasteiger partial charge in [0.05, 0.1) is 12.7 Å². The summed E-state index contributed by atoms with van der Waals surface area (Å²) >= 11 is 5.95. The van der Waals surface area contributed by atoms with Crippen molar-refractivity contribution < 1.29 is 9.53 Å². The maximum atomic E-state index is 12.3. The fraction of sp³-hybridized carbons (Fsp3) is 0.533. The number of nitrogens with one attached hydrogen (secondary N) is 2. The van der Waals surface area contributed by atoms with Crippen LogP contribution in [0.2, 0.25) is 5.02 Å². The van der Waals surface area contributed by atoms with Gasteiger partial charge < -0.3 is 15.4 Å². The Morgan fingerprint density at radius 1 is 1.45 bits per heavy atom. The molecule has 0 bridgehead atoms. The zero-order valence-electron chi connectivity index (χ0n) is 12.0. The SMILES string of the molecule is COc1ccc(Cl)cc1C(=O)NCC1(C)CCNCC1. The zero-order valence-corrected chi connectivity index (χ0v) is 12.7. The van der Waals surface area contributed by atoms with Crippen LogP contribution in [0, 0.1) is 5.41 Å². The summed E-state index contributed by atoms with van der Waals surface area (Å²) in [5.74, 6) is 0.409. The second-order valence-corrected chi connectivity index (χ2v) is 6.02. The van der Waals surface area contributed by atoms with E-state index in [1.807, 2.05) is 0 Å². The molecule has 0 aliphatic carbocycles. The Morgan fingerprint density at radius 2 is 2.15 bits per heavy atom. The van der Waals surface area contributed by atoms with Gasteiger partial charge in [0.15, 0.2) is 0 Å². The molecular formula is C15H21ClN2O2. The first-order chi connectivity index (χ1) is 9.54. The van der Waals surface area contributed by atoms with Crippen LogP contribution in [0.5, 0.6) is 5.75 Å². The maximum Gasteiger partial charge on any atom is 0.255 e. The number of amides is 1. The molecule has 1 amide bonds. The third-order valence-electron chi connectivity index (χ3n) is 3.89. The van der Waals surface area contributed by atoms with E-state index in [0.29, 0.717) is 22.9 Å². The molecule has 1 aliphatic heterocycles. The van der Waals surface area contributed by atoms with Gasteiger partial charge in [-0.2, -0.15) is 0 Å². The summed E-state index contributed by atoms with van der Waals surface area (Å²) in [5, 5.41) is 6.87. The predicted octanol–water partition coefficient (Wildman–Crippen LogP) is 2.47. The first-order valence-corrected chi connectivity index (χ1v) is 7.24. The van der Waals surface area contributed by atoms with E-state index in [1.54, 1.807) is 25.3 Å². The molecule has 4 nitrogen and oxygen atoms in total. The number of carbonyl (C=O) groups is 1. The lowest BCUT2D eigenvalue weighted by Crippen LogP contribution is -2.42.